The fourth-order valence-corrected chi connectivity index (χ4v) is 3.24. The van der Waals surface area contributed by atoms with Crippen molar-refractivity contribution in [2.45, 2.75) is 38.8 Å². The van der Waals surface area contributed by atoms with Gasteiger partial charge in [0.1, 0.15) is 5.82 Å². The maximum atomic E-state index is 13.1. The third kappa shape index (κ3) is 4.54. The maximum absolute atomic E-state index is 13.1. The summed E-state index contributed by atoms with van der Waals surface area (Å²) in [4.78, 5) is 16.9. The summed E-state index contributed by atoms with van der Waals surface area (Å²) in [5, 5.41) is 0. The number of amides is 1. The predicted molar refractivity (Wildman–Crippen MR) is 91.1 cm³/mol. The van der Waals surface area contributed by atoms with Crippen molar-refractivity contribution in [3.8, 4) is 0 Å². The molecular formula is C19H27FN2O2. The molecule has 0 spiro atoms. The quantitative estimate of drug-likeness (QED) is 0.802. The van der Waals surface area contributed by atoms with E-state index in [0.29, 0.717) is 31.7 Å². The van der Waals surface area contributed by atoms with Gasteiger partial charge in [-0.1, -0.05) is 26.0 Å². The van der Waals surface area contributed by atoms with Crippen LogP contribution in [0.25, 0.3) is 0 Å². The molecule has 2 fully saturated rings. The van der Waals surface area contributed by atoms with Crippen molar-refractivity contribution < 1.29 is 13.9 Å². The second kappa shape index (κ2) is 7.62. The molecule has 0 radical (unpaired) electrons. The molecule has 1 amide bonds. The zero-order valence-corrected chi connectivity index (χ0v) is 14.6. The zero-order chi connectivity index (χ0) is 17.1. The first-order chi connectivity index (χ1) is 11.5. The third-order valence-electron chi connectivity index (χ3n) is 4.62. The number of hydrogen-bond acceptors (Lipinski definition) is 3. The fraction of sp³-hybridized carbons (Fsp3) is 0.632. The van der Waals surface area contributed by atoms with E-state index in [1.807, 2.05) is 0 Å². The second-order valence-electron chi connectivity index (χ2n) is 7.32. The summed E-state index contributed by atoms with van der Waals surface area (Å²) >= 11 is 0. The molecule has 0 bridgehead atoms. The molecule has 0 N–H and O–H groups in total. The lowest BCUT2D eigenvalue weighted by molar-refractivity contribution is -0.135. The molecule has 1 heterocycles. The van der Waals surface area contributed by atoms with Gasteiger partial charge in [-0.2, -0.15) is 0 Å². The van der Waals surface area contributed by atoms with Crippen LogP contribution in [0.4, 0.5) is 4.39 Å². The highest BCUT2D eigenvalue weighted by Gasteiger charge is 2.34. The van der Waals surface area contributed by atoms with Gasteiger partial charge in [-0.3, -0.25) is 9.69 Å². The summed E-state index contributed by atoms with van der Waals surface area (Å²) < 4.78 is 18.9. The molecule has 4 nitrogen and oxygen atoms in total. The van der Waals surface area contributed by atoms with E-state index in [4.69, 9.17) is 4.74 Å². The van der Waals surface area contributed by atoms with Gasteiger partial charge in [-0.25, -0.2) is 4.39 Å². The zero-order valence-electron chi connectivity index (χ0n) is 14.6. The number of halogens is 1. The Labute approximate surface area is 143 Å². The highest BCUT2D eigenvalue weighted by atomic mass is 19.1. The minimum Gasteiger partial charge on any atom is -0.371 e. The van der Waals surface area contributed by atoms with Crippen LogP contribution in [0, 0.1) is 11.7 Å². The van der Waals surface area contributed by atoms with Crippen LogP contribution in [-0.4, -0.2) is 54.5 Å². The van der Waals surface area contributed by atoms with Gasteiger partial charge in [0.2, 0.25) is 5.91 Å². The molecule has 1 saturated carbocycles. The van der Waals surface area contributed by atoms with Crippen LogP contribution < -0.4 is 0 Å². The van der Waals surface area contributed by atoms with Crippen molar-refractivity contribution >= 4 is 5.91 Å². The summed E-state index contributed by atoms with van der Waals surface area (Å²) in [6.45, 7) is 7.65. The summed E-state index contributed by atoms with van der Waals surface area (Å²) in [6, 6.07) is 6.90. The maximum Gasteiger partial charge on any atom is 0.237 e. The average molecular weight is 334 g/mol. The van der Waals surface area contributed by atoms with Crippen molar-refractivity contribution in [2.75, 3.05) is 32.8 Å². The average Bonchev–Trinajstić information content (AvgIpc) is 3.38. The van der Waals surface area contributed by atoms with Crippen molar-refractivity contribution in [2.24, 2.45) is 5.92 Å². The Hall–Kier alpha value is -1.46. The molecule has 5 heteroatoms. The van der Waals surface area contributed by atoms with E-state index in [0.717, 1.165) is 31.5 Å². The normalized spacial score (nSPS) is 21.9. The smallest absolute Gasteiger partial charge is 0.237 e. The van der Waals surface area contributed by atoms with Crippen LogP contribution in [0.3, 0.4) is 0 Å². The number of rotatable bonds is 6. The molecule has 1 aromatic carbocycles. The van der Waals surface area contributed by atoms with Crippen molar-refractivity contribution in [3.63, 3.8) is 0 Å². The Morgan fingerprint density at radius 3 is 2.67 bits per heavy atom. The summed E-state index contributed by atoms with van der Waals surface area (Å²) in [7, 11) is 0. The molecule has 0 aromatic heterocycles. The van der Waals surface area contributed by atoms with Crippen LogP contribution in [0.1, 0.15) is 38.4 Å². The van der Waals surface area contributed by atoms with Gasteiger partial charge in [0, 0.05) is 25.7 Å². The highest BCUT2D eigenvalue weighted by molar-refractivity contribution is 5.79. The number of hydrogen-bond donors (Lipinski definition) is 0. The number of ether oxygens (including phenoxy) is 1. The van der Waals surface area contributed by atoms with Gasteiger partial charge in [-0.05, 0) is 36.5 Å². The van der Waals surface area contributed by atoms with Gasteiger partial charge in [0.15, 0.2) is 0 Å². The Morgan fingerprint density at radius 1 is 1.33 bits per heavy atom. The lowest BCUT2D eigenvalue weighted by Crippen LogP contribution is -2.47. The van der Waals surface area contributed by atoms with Crippen molar-refractivity contribution in [3.05, 3.63) is 35.6 Å². The molecule has 0 unspecified atom stereocenters. The summed E-state index contributed by atoms with van der Waals surface area (Å²) in [5.74, 6) is 0.479. The number of carbonyl (C=O) groups excluding carboxylic acids is 1. The third-order valence-corrected chi connectivity index (χ3v) is 4.62. The molecule has 24 heavy (non-hydrogen) atoms. The van der Waals surface area contributed by atoms with Crippen LogP contribution in [0.15, 0.2) is 24.3 Å². The van der Waals surface area contributed by atoms with Crippen LogP contribution in [0.2, 0.25) is 0 Å². The first kappa shape index (κ1) is 17.4. The lowest BCUT2D eigenvalue weighted by Gasteiger charge is -2.34. The predicted octanol–water partition coefficient (Wildman–Crippen LogP) is 2.85. The van der Waals surface area contributed by atoms with Crippen LogP contribution >= 0.6 is 0 Å². The minimum absolute atomic E-state index is 0.0911. The molecule has 2 aliphatic rings. The number of carbonyl (C=O) groups is 1. The molecule has 1 atom stereocenters. The Kier molecular flexibility index (Phi) is 5.51. The topological polar surface area (TPSA) is 32.8 Å². The lowest BCUT2D eigenvalue weighted by atomic mass is 10.1. The standard InChI is InChI=1S/C19H27FN2O2/c1-14(2)11-22(17-7-8-17)19(23)13-21-9-10-24-18(12-21)15-3-5-16(20)6-4-15/h3-6,14,17-18H,7-13H2,1-2H3/t18-/m0/s1. The SMILES string of the molecule is CC(C)CN(C(=O)CN1CCO[C@H](c2ccc(F)cc2)C1)C1CC1. The van der Waals surface area contributed by atoms with Crippen LogP contribution in [-0.2, 0) is 9.53 Å². The van der Waals surface area contributed by atoms with E-state index >= 15 is 0 Å². The first-order valence-electron chi connectivity index (χ1n) is 8.92. The highest BCUT2D eigenvalue weighted by Crippen LogP contribution is 2.28. The molecule has 1 aliphatic heterocycles. The monoisotopic (exact) mass is 334 g/mol. The van der Waals surface area contributed by atoms with Crippen molar-refractivity contribution in [1.29, 1.82) is 0 Å². The van der Waals surface area contributed by atoms with E-state index in [9.17, 15) is 9.18 Å². The molecule has 1 saturated heterocycles. The van der Waals surface area contributed by atoms with E-state index in [1.54, 1.807) is 12.1 Å². The Balaban J connectivity index is 1.58. The largest absolute Gasteiger partial charge is 0.371 e. The van der Waals surface area contributed by atoms with Gasteiger partial charge in [0.05, 0.1) is 19.3 Å². The van der Waals surface area contributed by atoms with E-state index in [2.05, 4.69) is 23.6 Å². The minimum atomic E-state index is -0.240. The molecule has 1 aliphatic carbocycles. The number of nitrogens with zero attached hydrogens (tertiary/aromatic N) is 2. The Bertz CT molecular complexity index is 557. The van der Waals surface area contributed by atoms with E-state index < -0.39 is 0 Å². The van der Waals surface area contributed by atoms with Crippen molar-refractivity contribution in [1.82, 2.24) is 9.80 Å². The fourth-order valence-electron chi connectivity index (χ4n) is 3.24. The number of benzene rings is 1. The number of morpholine rings is 1. The van der Waals surface area contributed by atoms with Gasteiger partial charge < -0.3 is 9.64 Å². The Morgan fingerprint density at radius 2 is 2.04 bits per heavy atom. The molecule has 1 aromatic rings. The molecule has 3 rings (SSSR count). The molecule has 132 valence electrons. The van der Waals surface area contributed by atoms with Gasteiger partial charge >= 0.3 is 0 Å². The van der Waals surface area contributed by atoms with E-state index in [1.165, 1.54) is 12.1 Å². The van der Waals surface area contributed by atoms with Gasteiger partial charge in [-0.15, -0.1) is 0 Å². The second-order valence-corrected chi connectivity index (χ2v) is 7.32. The molecular weight excluding hydrogens is 307 g/mol. The summed E-state index contributed by atoms with van der Waals surface area (Å²) in [6.07, 6.45) is 2.19. The van der Waals surface area contributed by atoms with E-state index in [-0.39, 0.29) is 17.8 Å². The first-order valence-corrected chi connectivity index (χ1v) is 8.92. The van der Waals surface area contributed by atoms with Crippen LogP contribution in [0.5, 0.6) is 0 Å². The van der Waals surface area contributed by atoms with Gasteiger partial charge in [0.25, 0.3) is 0 Å². The summed E-state index contributed by atoms with van der Waals surface area (Å²) in [5.41, 5.74) is 0.967.